The molecule has 1 N–H and O–H groups in total. The second-order valence-corrected chi connectivity index (χ2v) is 9.82. The number of benzene rings is 2. The van der Waals surface area contributed by atoms with Crippen LogP contribution >= 0.6 is 11.6 Å². The van der Waals surface area contributed by atoms with Gasteiger partial charge in [-0.1, -0.05) is 68.5 Å². The molecule has 0 spiro atoms. The average Bonchev–Trinajstić information content (AvgIpc) is 2.72. The number of rotatable bonds is 11. The minimum atomic E-state index is -3.93. The molecule has 0 bridgehead atoms. The first kappa shape index (κ1) is 24.2. The monoisotopic (exact) mass is 450 g/mol. The molecule has 0 fully saturated rings. The zero-order valence-corrected chi connectivity index (χ0v) is 19.5. The molecule has 2 rings (SSSR count). The highest BCUT2D eigenvalue weighted by Gasteiger charge is 2.27. The second-order valence-electron chi connectivity index (χ2n) is 7.53. The zero-order valence-electron chi connectivity index (χ0n) is 17.9. The van der Waals surface area contributed by atoms with Gasteiger partial charge in [0, 0.05) is 11.6 Å². The van der Waals surface area contributed by atoms with Crippen molar-refractivity contribution in [3.8, 4) is 0 Å². The largest absolute Gasteiger partial charge is 0.354 e. The number of nitrogens with one attached hydrogen (secondary N) is 1. The number of aryl methyl sites for hydroxylation is 1. The third-order valence-electron chi connectivity index (χ3n) is 5.12. The summed E-state index contributed by atoms with van der Waals surface area (Å²) in [5.74, 6) is 0.0582. The molecule has 0 aliphatic carbocycles. The molecule has 2 aromatic carbocycles. The van der Waals surface area contributed by atoms with Crippen LogP contribution in [0.4, 0.5) is 5.69 Å². The van der Waals surface area contributed by atoms with Gasteiger partial charge in [-0.25, -0.2) is 8.42 Å². The molecule has 5 nitrogen and oxygen atoms in total. The Labute approximate surface area is 185 Å². The lowest BCUT2D eigenvalue weighted by Crippen LogP contribution is -2.42. The van der Waals surface area contributed by atoms with Crippen molar-refractivity contribution in [1.82, 2.24) is 5.32 Å². The van der Waals surface area contributed by atoms with Gasteiger partial charge < -0.3 is 5.32 Å². The molecule has 164 valence electrons. The van der Waals surface area contributed by atoms with Gasteiger partial charge >= 0.3 is 0 Å². The van der Waals surface area contributed by atoms with Crippen LogP contribution in [0.2, 0.25) is 5.02 Å². The zero-order chi connectivity index (χ0) is 22.1. The standard InChI is InChI=1S/C23H31ClN2O3S/c1-4-6-8-19(5-2)16-25-23(27)17-26(21-10-7-9-20(24)15-21)30(28,29)22-13-11-18(3)12-14-22/h7,9-15,19H,4-6,8,16-17H2,1-3H3,(H,25,27)/t19-/m1/s1. The molecule has 0 aromatic heterocycles. The number of anilines is 1. The van der Waals surface area contributed by atoms with Gasteiger partial charge in [-0.05, 0) is 49.6 Å². The maximum atomic E-state index is 13.3. The molecule has 0 heterocycles. The Balaban J connectivity index is 2.24. The van der Waals surface area contributed by atoms with Gasteiger partial charge in [0.2, 0.25) is 5.91 Å². The van der Waals surface area contributed by atoms with E-state index >= 15 is 0 Å². The molecule has 0 aliphatic rings. The fourth-order valence-corrected chi connectivity index (χ4v) is 4.77. The number of hydrogen-bond acceptors (Lipinski definition) is 3. The van der Waals surface area contributed by atoms with Crippen molar-refractivity contribution in [3.63, 3.8) is 0 Å². The first-order valence-electron chi connectivity index (χ1n) is 10.4. The second kappa shape index (κ2) is 11.4. The molecule has 1 amide bonds. The Morgan fingerprint density at radius 1 is 1.13 bits per heavy atom. The smallest absolute Gasteiger partial charge is 0.264 e. The van der Waals surface area contributed by atoms with Crippen molar-refractivity contribution in [3.05, 3.63) is 59.1 Å². The van der Waals surface area contributed by atoms with E-state index in [9.17, 15) is 13.2 Å². The minimum absolute atomic E-state index is 0.134. The highest BCUT2D eigenvalue weighted by molar-refractivity contribution is 7.92. The first-order valence-corrected chi connectivity index (χ1v) is 12.2. The maximum Gasteiger partial charge on any atom is 0.264 e. The Kier molecular flexibility index (Phi) is 9.18. The van der Waals surface area contributed by atoms with E-state index in [0.29, 0.717) is 23.2 Å². The number of amides is 1. The summed E-state index contributed by atoms with van der Waals surface area (Å²) in [6.45, 7) is 6.38. The van der Waals surface area contributed by atoms with E-state index in [0.717, 1.165) is 35.6 Å². The topological polar surface area (TPSA) is 66.5 Å². The molecule has 0 unspecified atom stereocenters. The predicted molar refractivity (Wildman–Crippen MR) is 123 cm³/mol. The van der Waals surface area contributed by atoms with Gasteiger partial charge in [-0.2, -0.15) is 0 Å². The summed E-state index contributed by atoms with van der Waals surface area (Å²) in [4.78, 5) is 12.8. The summed E-state index contributed by atoms with van der Waals surface area (Å²) < 4.78 is 27.8. The van der Waals surface area contributed by atoms with Crippen LogP contribution < -0.4 is 9.62 Å². The minimum Gasteiger partial charge on any atom is -0.354 e. The van der Waals surface area contributed by atoms with Gasteiger partial charge in [0.1, 0.15) is 6.54 Å². The lowest BCUT2D eigenvalue weighted by atomic mass is 9.99. The lowest BCUT2D eigenvalue weighted by Gasteiger charge is -2.25. The van der Waals surface area contributed by atoms with Gasteiger partial charge in [-0.3, -0.25) is 9.10 Å². The number of unbranched alkanes of at least 4 members (excludes halogenated alkanes) is 1. The van der Waals surface area contributed by atoms with Crippen LogP contribution in [0.25, 0.3) is 0 Å². The number of hydrogen-bond donors (Lipinski definition) is 1. The first-order chi connectivity index (χ1) is 14.3. The summed E-state index contributed by atoms with van der Waals surface area (Å²) in [7, 11) is -3.93. The molecular formula is C23H31ClN2O3S. The Morgan fingerprint density at radius 2 is 1.83 bits per heavy atom. The lowest BCUT2D eigenvalue weighted by molar-refractivity contribution is -0.119. The van der Waals surface area contributed by atoms with E-state index in [-0.39, 0.29) is 17.3 Å². The molecule has 0 radical (unpaired) electrons. The molecule has 0 aliphatic heterocycles. The van der Waals surface area contributed by atoms with Crippen LogP contribution in [0, 0.1) is 12.8 Å². The van der Waals surface area contributed by atoms with Crippen molar-refractivity contribution in [1.29, 1.82) is 0 Å². The fraction of sp³-hybridized carbons (Fsp3) is 0.435. The van der Waals surface area contributed by atoms with Crippen molar-refractivity contribution in [2.45, 2.75) is 51.3 Å². The number of carbonyl (C=O) groups excluding carboxylic acids is 1. The van der Waals surface area contributed by atoms with Gasteiger partial charge in [0.25, 0.3) is 10.0 Å². The summed E-state index contributed by atoms with van der Waals surface area (Å²) in [5, 5.41) is 3.32. The molecule has 2 aromatic rings. The summed E-state index contributed by atoms with van der Waals surface area (Å²) in [6.07, 6.45) is 4.25. The van der Waals surface area contributed by atoms with E-state index in [1.165, 1.54) is 0 Å². The molecular weight excluding hydrogens is 420 g/mol. The van der Waals surface area contributed by atoms with Crippen LogP contribution in [0.3, 0.4) is 0 Å². The Bertz CT molecular complexity index is 930. The number of halogens is 1. The fourth-order valence-electron chi connectivity index (χ4n) is 3.17. The normalized spacial score (nSPS) is 12.4. The van der Waals surface area contributed by atoms with Crippen LogP contribution in [0.5, 0.6) is 0 Å². The number of carbonyl (C=O) groups is 1. The van der Waals surface area contributed by atoms with E-state index in [1.54, 1.807) is 48.5 Å². The van der Waals surface area contributed by atoms with Crippen molar-refractivity contribution in [2.75, 3.05) is 17.4 Å². The van der Waals surface area contributed by atoms with E-state index in [4.69, 9.17) is 11.6 Å². The van der Waals surface area contributed by atoms with E-state index in [2.05, 4.69) is 19.2 Å². The predicted octanol–water partition coefficient (Wildman–Crippen LogP) is 5.18. The SMILES string of the molecule is CCCC[C@@H](CC)CNC(=O)CN(c1cccc(Cl)c1)S(=O)(=O)c1ccc(C)cc1. The summed E-state index contributed by atoms with van der Waals surface area (Å²) in [6, 6.07) is 13.1. The average molecular weight is 451 g/mol. The molecule has 0 saturated heterocycles. The molecule has 30 heavy (non-hydrogen) atoms. The summed E-state index contributed by atoms with van der Waals surface area (Å²) in [5.41, 5.74) is 1.31. The number of nitrogens with zero attached hydrogens (tertiary/aromatic N) is 1. The molecule has 0 saturated carbocycles. The van der Waals surface area contributed by atoms with E-state index < -0.39 is 10.0 Å². The highest BCUT2D eigenvalue weighted by atomic mass is 35.5. The van der Waals surface area contributed by atoms with Gasteiger partial charge in [-0.15, -0.1) is 0 Å². The van der Waals surface area contributed by atoms with E-state index in [1.807, 2.05) is 6.92 Å². The van der Waals surface area contributed by atoms with Crippen molar-refractivity contribution >= 4 is 33.2 Å². The molecule has 1 atom stereocenters. The van der Waals surface area contributed by atoms with Crippen molar-refractivity contribution in [2.24, 2.45) is 5.92 Å². The van der Waals surface area contributed by atoms with Crippen LogP contribution in [0.1, 0.15) is 45.1 Å². The highest BCUT2D eigenvalue weighted by Crippen LogP contribution is 2.26. The van der Waals surface area contributed by atoms with Crippen molar-refractivity contribution < 1.29 is 13.2 Å². The van der Waals surface area contributed by atoms with Gasteiger partial charge in [0.05, 0.1) is 10.6 Å². The van der Waals surface area contributed by atoms with Crippen LogP contribution in [0.15, 0.2) is 53.4 Å². The molecule has 7 heteroatoms. The Morgan fingerprint density at radius 3 is 2.43 bits per heavy atom. The third kappa shape index (κ3) is 6.74. The van der Waals surface area contributed by atoms with Crippen LogP contribution in [-0.2, 0) is 14.8 Å². The van der Waals surface area contributed by atoms with Crippen LogP contribution in [-0.4, -0.2) is 27.4 Å². The quantitative estimate of drug-likeness (QED) is 0.513. The Hall–Kier alpha value is -2.05. The summed E-state index contributed by atoms with van der Waals surface area (Å²) >= 11 is 6.09. The third-order valence-corrected chi connectivity index (χ3v) is 7.15. The number of sulfonamides is 1. The van der Waals surface area contributed by atoms with Gasteiger partial charge in [0.15, 0.2) is 0 Å². The maximum absolute atomic E-state index is 13.3.